The van der Waals surface area contributed by atoms with Crippen LogP contribution in [0.15, 0.2) is 74.5 Å². The van der Waals surface area contributed by atoms with Gasteiger partial charge in [-0.25, -0.2) is 13.6 Å². The van der Waals surface area contributed by atoms with Crippen molar-refractivity contribution >= 4 is 33.8 Å². The van der Waals surface area contributed by atoms with Gasteiger partial charge in [0.2, 0.25) is 0 Å². The van der Waals surface area contributed by atoms with E-state index in [0.717, 1.165) is 62.0 Å². The molecule has 0 unspecified atom stereocenters. The summed E-state index contributed by atoms with van der Waals surface area (Å²) in [7, 11) is 0. The van der Waals surface area contributed by atoms with Crippen molar-refractivity contribution in [1.29, 1.82) is 0 Å². The van der Waals surface area contributed by atoms with Gasteiger partial charge in [0.05, 0.1) is 17.3 Å². The van der Waals surface area contributed by atoms with Crippen LogP contribution >= 0.6 is 11.3 Å². The van der Waals surface area contributed by atoms with Gasteiger partial charge in [-0.3, -0.25) is 18.7 Å². The molecule has 3 heterocycles. The molecule has 0 spiro atoms. The Bertz CT molecular complexity index is 1650. The fraction of sp³-hybridized carbons (Fsp3) is 0.344. The molecule has 5 rings (SSSR count). The van der Waals surface area contributed by atoms with E-state index in [2.05, 4.69) is 4.90 Å². The van der Waals surface area contributed by atoms with Gasteiger partial charge in [-0.2, -0.15) is 0 Å². The number of hydrogen-bond donors (Lipinski definition) is 1. The fourth-order valence-electron chi connectivity index (χ4n) is 5.65. The number of halogens is 2. The molecule has 0 radical (unpaired) electrons. The van der Waals surface area contributed by atoms with Crippen LogP contribution in [0.3, 0.4) is 0 Å². The first-order chi connectivity index (χ1) is 20.3. The summed E-state index contributed by atoms with van der Waals surface area (Å²) in [5, 5.41) is 12.9. The number of piperidine rings is 1. The molecule has 0 aliphatic carbocycles. The van der Waals surface area contributed by atoms with Crippen molar-refractivity contribution in [2.75, 3.05) is 19.6 Å². The maximum absolute atomic E-state index is 13.6. The van der Waals surface area contributed by atoms with Crippen LogP contribution in [0.1, 0.15) is 49.7 Å². The fourth-order valence-corrected chi connectivity index (χ4v) is 6.46. The molecule has 1 aliphatic heterocycles. The van der Waals surface area contributed by atoms with Crippen LogP contribution in [-0.2, 0) is 17.9 Å². The molecule has 220 valence electrons. The first kappa shape index (κ1) is 29.6. The van der Waals surface area contributed by atoms with Crippen molar-refractivity contribution in [2.45, 2.75) is 51.6 Å². The van der Waals surface area contributed by atoms with E-state index in [9.17, 15) is 23.2 Å². The van der Waals surface area contributed by atoms with E-state index in [-0.39, 0.29) is 30.2 Å². The lowest BCUT2D eigenvalue weighted by Gasteiger charge is -2.30. The minimum absolute atomic E-state index is 0.0249. The van der Waals surface area contributed by atoms with Gasteiger partial charge in [0, 0.05) is 36.9 Å². The van der Waals surface area contributed by atoms with Gasteiger partial charge in [-0.1, -0.05) is 36.3 Å². The minimum atomic E-state index is -0.995. The topological polar surface area (TPSA) is 84.5 Å². The molecule has 10 heteroatoms. The molecule has 2 aromatic carbocycles. The first-order valence-corrected chi connectivity index (χ1v) is 15.1. The molecule has 1 fully saturated rings. The highest BCUT2D eigenvalue weighted by molar-refractivity contribution is 7.09. The number of aliphatic carboxylic acids is 1. The number of carboxylic acids is 1. The lowest BCUT2D eigenvalue weighted by atomic mass is 9.88. The number of nitrogens with zero attached hydrogens (tertiary/aromatic N) is 3. The summed E-state index contributed by atoms with van der Waals surface area (Å²) >= 11 is 1.32. The molecule has 0 atom stereocenters. The van der Waals surface area contributed by atoms with Crippen molar-refractivity contribution < 1.29 is 18.7 Å². The number of fused-ring (bicyclic) bond motifs is 1. The first-order valence-electron chi connectivity index (χ1n) is 14.2. The van der Waals surface area contributed by atoms with E-state index in [0.29, 0.717) is 23.9 Å². The Hall–Kier alpha value is -3.89. The Labute approximate surface area is 246 Å². The third-order valence-electron chi connectivity index (χ3n) is 7.85. The molecule has 0 amide bonds. The Morgan fingerprint density at radius 1 is 0.786 bits per heavy atom. The monoisotopic (exact) mass is 593 g/mol. The molecule has 1 saturated heterocycles. The van der Waals surface area contributed by atoms with Gasteiger partial charge in [-0.05, 0) is 73.2 Å². The molecule has 2 aromatic heterocycles. The standard InChI is InChI=1S/C32H33F2N3O4S/c33-25-8-4-22(5-9-25)30(23-6-10-26(34)11-7-23)24-12-17-35(18-13-24)15-2-1-3-16-37-31(40)27-20-42-21-28(27)36(32(37)41)19-14-29(38)39/h4-11,20-21H,1-3,12-19H2,(H,38,39). The molecule has 7 nitrogen and oxygen atoms in total. The van der Waals surface area contributed by atoms with Crippen LogP contribution in [0.25, 0.3) is 16.5 Å². The number of aromatic nitrogens is 2. The zero-order chi connectivity index (χ0) is 29.6. The minimum Gasteiger partial charge on any atom is -0.481 e. The highest BCUT2D eigenvalue weighted by atomic mass is 32.1. The normalized spacial score (nSPS) is 14.0. The van der Waals surface area contributed by atoms with Crippen LogP contribution < -0.4 is 11.2 Å². The highest BCUT2D eigenvalue weighted by Gasteiger charge is 2.19. The number of aryl methyl sites for hydroxylation is 1. The van der Waals surface area contributed by atoms with Crippen LogP contribution in [0.5, 0.6) is 0 Å². The maximum Gasteiger partial charge on any atom is 0.331 e. The lowest BCUT2D eigenvalue weighted by Crippen LogP contribution is -2.40. The van der Waals surface area contributed by atoms with E-state index in [4.69, 9.17) is 5.11 Å². The Morgan fingerprint density at radius 2 is 1.38 bits per heavy atom. The molecular formula is C32H33F2N3O4S. The molecular weight excluding hydrogens is 560 g/mol. The molecule has 4 aromatic rings. The summed E-state index contributed by atoms with van der Waals surface area (Å²) in [6.45, 7) is 2.98. The Kier molecular flexibility index (Phi) is 9.44. The van der Waals surface area contributed by atoms with Crippen molar-refractivity contribution in [3.63, 3.8) is 0 Å². The highest BCUT2D eigenvalue weighted by Crippen LogP contribution is 2.32. The van der Waals surface area contributed by atoms with Crippen LogP contribution in [-0.4, -0.2) is 44.7 Å². The zero-order valence-corrected chi connectivity index (χ0v) is 24.0. The summed E-state index contributed by atoms with van der Waals surface area (Å²) in [5.74, 6) is -1.58. The van der Waals surface area contributed by atoms with Crippen LogP contribution in [0.4, 0.5) is 8.78 Å². The van der Waals surface area contributed by atoms with Crippen LogP contribution in [0.2, 0.25) is 0 Å². The second kappa shape index (κ2) is 13.4. The van der Waals surface area contributed by atoms with E-state index in [1.54, 1.807) is 35.0 Å². The van der Waals surface area contributed by atoms with Crippen LogP contribution in [0, 0.1) is 11.6 Å². The van der Waals surface area contributed by atoms with Gasteiger partial charge >= 0.3 is 11.7 Å². The summed E-state index contributed by atoms with van der Waals surface area (Å²) in [6, 6.07) is 12.9. The van der Waals surface area contributed by atoms with E-state index in [1.807, 2.05) is 0 Å². The Morgan fingerprint density at radius 3 is 1.98 bits per heavy atom. The van der Waals surface area contributed by atoms with Crippen molar-refractivity contribution in [1.82, 2.24) is 14.0 Å². The largest absolute Gasteiger partial charge is 0.481 e. The second-order valence-corrected chi connectivity index (χ2v) is 11.3. The summed E-state index contributed by atoms with van der Waals surface area (Å²) < 4.78 is 29.8. The predicted molar refractivity (Wildman–Crippen MR) is 161 cm³/mol. The van der Waals surface area contributed by atoms with Gasteiger partial charge in [0.25, 0.3) is 5.56 Å². The molecule has 0 saturated carbocycles. The number of carbonyl (C=O) groups is 1. The van der Waals surface area contributed by atoms with Crippen molar-refractivity contribution in [2.24, 2.45) is 0 Å². The number of carboxylic acid groups (broad SMARTS) is 1. The smallest absolute Gasteiger partial charge is 0.331 e. The number of hydrogen-bond acceptors (Lipinski definition) is 5. The van der Waals surface area contributed by atoms with Gasteiger partial charge in [-0.15, -0.1) is 11.3 Å². The molecule has 0 bridgehead atoms. The number of unbranched alkanes of at least 4 members (excludes halogenated alkanes) is 2. The molecule has 42 heavy (non-hydrogen) atoms. The Balaban J connectivity index is 1.18. The van der Waals surface area contributed by atoms with E-state index < -0.39 is 11.7 Å². The summed E-state index contributed by atoms with van der Waals surface area (Å²) in [6.07, 6.45) is 3.96. The van der Waals surface area contributed by atoms with E-state index >= 15 is 0 Å². The van der Waals surface area contributed by atoms with Gasteiger partial charge in [0.15, 0.2) is 0 Å². The number of benzene rings is 2. The van der Waals surface area contributed by atoms with Crippen molar-refractivity contribution in [3.8, 4) is 0 Å². The van der Waals surface area contributed by atoms with Gasteiger partial charge in [0.1, 0.15) is 11.6 Å². The number of likely N-dealkylation sites (tertiary alicyclic amines) is 1. The summed E-state index contributed by atoms with van der Waals surface area (Å²) in [4.78, 5) is 39.4. The summed E-state index contributed by atoms with van der Waals surface area (Å²) in [5.41, 5.74) is 3.86. The molecule has 1 aliphatic rings. The maximum atomic E-state index is 13.6. The number of thiophene rings is 1. The lowest BCUT2D eigenvalue weighted by molar-refractivity contribution is -0.137. The van der Waals surface area contributed by atoms with E-state index in [1.165, 1.54) is 50.3 Å². The average Bonchev–Trinajstić information content (AvgIpc) is 3.47. The predicted octanol–water partition coefficient (Wildman–Crippen LogP) is 5.75. The number of rotatable bonds is 11. The average molecular weight is 594 g/mol. The van der Waals surface area contributed by atoms with Crippen molar-refractivity contribution in [3.05, 3.63) is 108 Å². The third kappa shape index (κ3) is 6.77. The van der Waals surface area contributed by atoms with Gasteiger partial charge < -0.3 is 10.0 Å². The zero-order valence-electron chi connectivity index (χ0n) is 23.2. The quantitative estimate of drug-likeness (QED) is 0.224. The SMILES string of the molecule is O=C(O)CCn1c(=O)n(CCCCCN2CCC(=C(c3ccc(F)cc3)c3ccc(F)cc3)CC2)c(=O)c2cscc21. The second-order valence-electron chi connectivity index (χ2n) is 10.6. The third-order valence-corrected chi connectivity index (χ3v) is 8.59. The molecule has 1 N–H and O–H groups in total.